The van der Waals surface area contributed by atoms with E-state index in [-0.39, 0.29) is 10.8 Å². The molecule has 1 amide bonds. The van der Waals surface area contributed by atoms with Crippen molar-refractivity contribution in [3.8, 4) is 17.3 Å². The summed E-state index contributed by atoms with van der Waals surface area (Å²) in [6.07, 6.45) is 3.45. The van der Waals surface area contributed by atoms with Crippen molar-refractivity contribution in [1.82, 2.24) is 9.29 Å². The summed E-state index contributed by atoms with van der Waals surface area (Å²) in [4.78, 5) is 17.3. The number of aromatic nitrogens is 1. The molecule has 2 aromatic carbocycles. The van der Waals surface area contributed by atoms with Crippen LogP contribution in [0.5, 0.6) is 0 Å². The minimum absolute atomic E-state index is 0.189. The molecule has 0 spiro atoms. The van der Waals surface area contributed by atoms with Gasteiger partial charge in [0.15, 0.2) is 5.13 Å². The number of nitrogens with one attached hydrogen (secondary N) is 1. The summed E-state index contributed by atoms with van der Waals surface area (Å²) < 4.78 is 27.7. The molecule has 0 fully saturated rings. The normalized spacial score (nSPS) is 11.4. The fraction of sp³-hybridized carbons (Fsp3) is 0.320. The smallest absolute Gasteiger partial charge is 0.257 e. The number of carbonyl (C=O) groups excluding carboxylic acids is 1. The lowest BCUT2D eigenvalue weighted by Crippen LogP contribution is -2.33. The van der Waals surface area contributed by atoms with Crippen LogP contribution in [-0.4, -0.2) is 36.7 Å². The van der Waals surface area contributed by atoms with E-state index in [0.29, 0.717) is 35.0 Å². The Morgan fingerprint density at radius 2 is 1.65 bits per heavy atom. The van der Waals surface area contributed by atoms with Crippen LogP contribution in [0.4, 0.5) is 5.13 Å². The number of sulfonamides is 1. The number of anilines is 1. The Morgan fingerprint density at radius 1 is 1.03 bits per heavy atom. The number of rotatable bonds is 11. The van der Waals surface area contributed by atoms with Gasteiger partial charge in [-0.2, -0.15) is 9.57 Å². The molecule has 0 saturated carbocycles. The highest BCUT2D eigenvalue weighted by Crippen LogP contribution is 2.26. The predicted octanol–water partition coefficient (Wildman–Crippen LogP) is 5.52. The van der Waals surface area contributed by atoms with Gasteiger partial charge < -0.3 is 0 Å². The second-order valence-electron chi connectivity index (χ2n) is 7.82. The number of unbranched alkanes of at least 4 members (excludes halogenated alkanes) is 2. The van der Waals surface area contributed by atoms with Gasteiger partial charge in [-0.05, 0) is 49.2 Å². The number of carbonyl (C=O) groups is 1. The Morgan fingerprint density at radius 3 is 2.21 bits per heavy atom. The van der Waals surface area contributed by atoms with Gasteiger partial charge in [0, 0.05) is 29.6 Å². The molecule has 3 rings (SSSR count). The fourth-order valence-electron chi connectivity index (χ4n) is 3.30. The maximum atomic E-state index is 13.1. The molecule has 0 saturated heterocycles. The van der Waals surface area contributed by atoms with Crippen LogP contribution in [-0.2, 0) is 10.0 Å². The summed E-state index contributed by atoms with van der Waals surface area (Å²) in [6.45, 7) is 5.06. The maximum Gasteiger partial charge on any atom is 0.257 e. The number of thiazole rings is 1. The molecule has 1 aromatic heterocycles. The number of nitriles is 1. The molecule has 0 unspecified atom stereocenters. The van der Waals surface area contributed by atoms with Crippen molar-refractivity contribution in [3.63, 3.8) is 0 Å². The third-order valence-corrected chi connectivity index (χ3v) is 7.98. The van der Waals surface area contributed by atoms with Crippen LogP contribution in [0.2, 0.25) is 0 Å². The molecule has 0 atom stereocenters. The van der Waals surface area contributed by atoms with Crippen molar-refractivity contribution in [3.05, 3.63) is 65.0 Å². The highest BCUT2D eigenvalue weighted by molar-refractivity contribution is 7.89. The molecule has 7 nitrogen and oxygen atoms in total. The molecule has 0 radical (unpaired) electrons. The highest BCUT2D eigenvalue weighted by Gasteiger charge is 2.24. The molecule has 3 aromatic rings. The molecule has 9 heteroatoms. The molecule has 0 aliphatic rings. The predicted molar refractivity (Wildman–Crippen MR) is 135 cm³/mol. The molecule has 0 aliphatic carbocycles. The molecule has 0 aliphatic heterocycles. The largest absolute Gasteiger partial charge is 0.298 e. The van der Waals surface area contributed by atoms with Crippen LogP contribution < -0.4 is 5.32 Å². The quantitative estimate of drug-likeness (QED) is 0.376. The first kappa shape index (κ1) is 25.6. The number of amides is 1. The molecular weight excluding hydrogens is 468 g/mol. The first-order valence-corrected chi connectivity index (χ1v) is 13.6. The van der Waals surface area contributed by atoms with Crippen LogP contribution in [0.3, 0.4) is 0 Å². The minimum Gasteiger partial charge on any atom is -0.298 e. The molecule has 1 N–H and O–H groups in total. The first-order chi connectivity index (χ1) is 16.4. The zero-order valence-corrected chi connectivity index (χ0v) is 21.0. The van der Waals surface area contributed by atoms with E-state index < -0.39 is 10.0 Å². The average Bonchev–Trinajstić information content (AvgIpc) is 3.32. The van der Waals surface area contributed by atoms with Crippen molar-refractivity contribution in [2.75, 3.05) is 18.4 Å². The van der Waals surface area contributed by atoms with Crippen LogP contribution in [0.1, 0.15) is 55.5 Å². The van der Waals surface area contributed by atoms with E-state index in [1.54, 1.807) is 12.1 Å². The van der Waals surface area contributed by atoms with Crippen LogP contribution >= 0.6 is 11.3 Å². The summed E-state index contributed by atoms with van der Waals surface area (Å²) in [5, 5.41) is 13.9. The van der Waals surface area contributed by atoms with E-state index >= 15 is 0 Å². The lowest BCUT2D eigenvalue weighted by molar-refractivity contribution is 0.102. The summed E-state index contributed by atoms with van der Waals surface area (Å²) in [6, 6.07) is 15.1. The maximum absolute atomic E-state index is 13.1. The Bertz CT molecular complexity index is 1240. The average molecular weight is 497 g/mol. The lowest BCUT2D eigenvalue weighted by atomic mass is 10.1. The number of hydrogen-bond donors (Lipinski definition) is 1. The van der Waals surface area contributed by atoms with Crippen LogP contribution in [0.25, 0.3) is 11.3 Å². The molecule has 1 heterocycles. The molecule has 34 heavy (non-hydrogen) atoms. The van der Waals surface area contributed by atoms with Crippen molar-refractivity contribution in [1.29, 1.82) is 5.26 Å². The van der Waals surface area contributed by atoms with Gasteiger partial charge in [-0.3, -0.25) is 10.1 Å². The number of benzene rings is 2. The number of hydrogen-bond acceptors (Lipinski definition) is 6. The van der Waals surface area contributed by atoms with E-state index in [4.69, 9.17) is 5.26 Å². The zero-order valence-electron chi connectivity index (χ0n) is 19.3. The molecular formula is C25H28N4O3S2. The highest BCUT2D eigenvalue weighted by atomic mass is 32.2. The Labute approximate surface area is 205 Å². The summed E-state index contributed by atoms with van der Waals surface area (Å²) in [7, 11) is -3.61. The zero-order chi connectivity index (χ0) is 24.6. The van der Waals surface area contributed by atoms with Gasteiger partial charge in [0.25, 0.3) is 5.91 Å². The third-order valence-electron chi connectivity index (χ3n) is 5.31. The van der Waals surface area contributed by atoms with Crippen molar-refractivity contribution in [2.45, 2.75) is 44.4 Å². The SMILES string of the molecule is CCCCN(CCCC)S(=O)(=O)c1ccc(C(=O)Nc2nc(-c3ccc(C#N)cc3)cs2)cc1. The van der Waals surface area contributed by atoms with Crippen LogP contribution in [0, 0.1) is 11.3 Å². The lowest BCUT2D eigenvalue weighted by Gasteiger charge is -2.22. The first-order valence-electron chi connectivity index (χ1n) is 11.3. The number of nitrogens with zero attached hydrogens (tertiary/aromatic N) is 3. The van der Waals surface area contributed by atoms with E-state index in [9.17, 15) is 13.2 Å². The second kappa shape index (κ2) is 11.9. The summed E-state index contributed by atoms with van der Waals surface area (Å²) in [5.41, 5.74) is 2.46. The van der Waals surface area contributed by atoms with Gasteiger partial charge >= 0.3 is 0 Å². The van der Waals surface area contributed by atoms with Crippen molar-refractivity contribution in [2.24, 2.45) is 0 Å². The van der Waals surface area contributed by atoms with Crippen molar-refractivity contribution < 1.29 is 13.2 Å². The Hall–Kier alpha value is -3.06. The van der Waals surface area contributed by atoms with E-state index in [0.717, 1.165) is 31.2 Å². The molecule has 0 bridgehead atoms. The van der Waals surface area contributed by atoms with Gasteiger partial charge in [0.2, 0.25) is 10.0 Å². The van der Waals surface area contributed by atoms with E-state index in [2.05, 4.69) is 16.4 Å². The van der Waals surface area contributed by atoms with Gasteiger partial charge in [0.05, 0.1) is 22.2 Å². The Kier molecular flexibility index (Phi) is 8.93. The standard InChI is InChI=1S/C25H28N4O3S2/c1-3-5-15-29(16-6-4-2)34(31,32)22-13-11-21(12-14-22)24(30)28-25-27-23(18-33-25)20-9-7-19(17-26)8-10-20/h7-14,18H,3-6,15-16H2,1-2H3,(H,27,28,30). The Balaban J connectivity index is 1.70. The van der Waals surface area contributed by atoms with E-state index in [1.165, 1.54) is 39.9 Å². The van der Waals surface area contributed by atoms with Gasteiger partial charge in [-0.25, -0.2) is 13.4 Å². The van der Waals surface area contributed by atoms with Crippen molar-refractivity contribution >= 4 is 32.4 Å². The topological polar surface area (TPSA) is 103 Å². The fourth-order valence-corrected chi connectivity index (χ4v) is 5.53. The summed E-state index contributed by atoms with van der Waals surface area (Å²) in [5.74, 6) is -0.363. The minimum atomic E-state index is -3.61. The third kappa shape index (κ3) is 6.29. The van der Waals surface area contributed by atoms with Gasteiger partial charge in [0.1, 0.15) is 0 Å². The monoisotopic (exact) mass is 496 g/mol. The van der Waals surface area contributed by atoms with Gasteiger partial charge in [-0.15, -0.1) is 11.3 Å². The second-order valence-corrected chi connectivity index (χ2v) is 10.6. The summed E-state index contributed by atoms with van der Waals surface area (Å²) >= 11 is 1.29. The van der Waals surface area contributed by atoms with Gasteiger partial charge in [-0.1, -0.05) is 38.8 Å². The van der Waals surface area contributed by atoms with E-state index in [1.807, 2.05) is 31.4 Å². The van der Waals surface area contributed by atoms with Crippen LogP contribution in [0.15, 0.2) is 58.8 Å². The molecule has 178 valence electrons.